The molecule has 2 N–H and O–H groups in total. The second-order valence-electron chi connectivity index (χ2n) is 4.67. The fraction of sp³-hybridized carbons (Fsp3) is 0.267. The summed E-state index contributed by atoms with van der Waals surface area (Å²) in [5.74, 6) is 2.16. The predicted octanol–water partition coefficient (Wildman–Crippen LogP) is 3.25. The highest BCUT2D eigenvalue weighted by Crippen LogP contribution is 2.30. The van der Waals surface area contributed by atoms with Gasteiger partial charge in [0.2, 0.25) is 0 Å². The zero-order chi connectivity index (χ0) is 15.4. The van der Waals surface area contributed by atoms with Crippen LogP contribution in [0.15, 0.2) is 30.3 Å². The second-order valence-corrected chi connectivity index (χ2v) is 5.67. The summed E-state index contributed by atoms with van der Waals surface area (Å²) in [5, 5.41) is 11.3. The third-order valence-corrected chi connectivity index (χ3v) is 4.09. The van der Waals surface area contributed by atoms with Crippen molar-refractivity contribution in [3.05, 3.63) is 41.9 Å². The Morgan fingerprint density at radius 1 is 1.23 bits per heavy atom. The summed E-state index contributed by atoms with van der Waals surface area (Å²) in [6.45, 7) is 5.21. The van der Waals surface area contributed by atoms with E-state index in [9.17, 15) is 0 Å². The van der Waals surface area contributed by atoms with Gasteiger partial charge >= 0.3 is 0 Å². The van der Waals surface area contributed by atoms with Crippen LogP contribution in [-0.2, 0) is 6.61 Å². The van der Waals surface area contributed by atoms with Crippen LogP contribution in [0.25, 0.3) is 10.7 Å². The monoisotopic (exact) mass is 315 g/mol. The Morgan fingerprint density at radius 2 is 2.05 bits per heavy atom. The fourth-order valence-electron chi connectivity index (χ4n) is 1.96. The van der Waals surface area contributed by atoms with Crippen molar-refractivity contribution in [3.63, 3.8) is 0 Å². The smallest absolute Gasteiger partial charge is 0.193 e. The number of rotatable bonds is 6. The van der Waals surface area contributed by atoms with E-state index in [1.807, 2.05) is 44.2 Å². The van der Waals surface area contributed by atoms with E-state index in [-0.39, 0.29) is 0 Å². The maximum Gasteiger partial charge on any atom is 0.193 e. The lowest BCUT2D eigenvalue weighted by molar-refractivity contribution is 0.296. The van der Waals surface area contributed by atoms with Gasteiger partial charge in [-0.25, -0.2) is 9.97 Å². The molecule has 2 heterocycles. The van der Waals surface area contributed by atoms with Gasteiger partial charge in [0, 0.05) is 6.54 Å². The Bertz CT molecular complexity index is 737. The topological polar surface area (TPSA) is 75.7 Å². The highest BCUT2D eigenvalue weighted by molar-refractivity contribution is 7.19. The molecular formula is C15H17N5OS. The summed E-state index contributed by atoms with van der Waals surface area (Å²) >= 11 is 1.56. The number of ether oxygens (including phenoxy) is 1. The Kier molecular flexibility index (Phi) is 4.34. The molecule has 6 nitrogen and oxygen atoms in total. The molecular weight excluding hydrogens is 298 g/mol. The van der Waals surface area contributed by atoms with E-state index in [1.165, 1.54) is 0 Å². The Labute approximate surface area is 132 Å². The Morgan fingerprint density at radius 3 is 2.82 bits per heavy atom. The van der Waals surface area contributed by atoms with E-state index >= 15 is 0 Å². The summed E-state index contributed by atoms with van der Waals surface area (Å²) in [6, 6.07) is 9.64. The molecule has 2 aromatic heterocycles. The third kappa shape index (κ3) is 3.25. The number of benzene rings is 1. The minimum Gasteiger partial charge on any atom is -0.486 e. The zero-order valence-electron chi connectivity index (χ0n) is 12.5. The first-order valence-corrected chi connectivity index (χ1v) is 7.88. The van der Waals surface area contributed by atoms with Crippen molar-refractivity contribution in [2.24, 2.45) is 0 Å². The van der Waals surface area contributed by atoms with Crippen molar-refractivity contribution in [1.29, 1.82) is 0 Å². The number of thiazole rings is 1. The van der Waals surface area contributed by atoms with Crippen molar-refractivity contribution in [2.45, 2.75) is 20.5 Å². The van der Waals surface area contributed by atoms with Crippen molar-refractivity contribution < 1.29 is 4.74 Å². The van der Waals surface area contributed by atoms with E-state index in [1.54, 1.807) is 11.3 Å². The molecule has 3 aromatic rings. The largest absolute Gasteiger partial charge is 0.486 e. The average Bonchev–Trinajstić information content (AvgIpc) is 3.13. The number of aryl methyl sites for hydroxylation is 1. The number of nitrogens with zero attached hydrogens (tertiary/aromatic N) is 3. The highest BCUT2D eigenvalue weighted by atomic mass is 32.1. The fourth-order valence-corrected chi connectivity index (χ4v) is 2.93. The maximum absolute atomic E-state index is 5.66. The van der Waals surface area contributed by atoms with Crippen LogP contribution in [0.4, 0.5) is 5.13 Å². The van der Waals surface area contributed by atoms with Gasteiger partial charge in [0.05, 0.1) is 10.6 Å². The molecule has 0 bridgehead atoms. The summed E-state index contributed by atoms with van der Waals surface area (Å²) < 4.78 is 5.66. The molecule has 0 fully saturated rings. The lowest BCUT2D eigenvalue weighted by atomic mass is 10.3. The SMILES string of the molecule is CCNc1nc(C)c(-c2n[nH]c(COc3ccccc3)n2)s1. The van der Waals surface area contributed by atoms with Gasteiger partial charge in [-0.15, -0.1) is 0 Å². The van der Waals surface area contributed by atoms with E-state index in [4.69, 9.17) is 4.74 Å². The van der Waals surface area contributed by atoms with Crippen molar-refractivity contribution in [1.82, 2.24) is 20.2 Å². The van der Waals surface area contributed by atoms with Gasteiger partial charge in [0.25, 0.3) is 0 Å². The molecule has 0 unspecified atom stereocenters. The second kappa shape index (κ2) is 6.57. The molecule has 0 saturated heterocycles. The number of aromatic amines is 1. The van der Waals surface area contributed by atoms with E-state index in [0.29, 0.717) is 18.3 Å². The van der Waals surface area contributed by atoms with Gasteiger partial charge < -0.3 is 10.1 Å². The number of aromatic nitrogens is 4. The lowest BCUT2D eigenvalue weighted by Gasteiger charge is -2.02. The molecule has 0 radical (unpaired) electrons. The Hall–Kier alpha value is -2.41. The van der Waals surface area contributed by atoms with Crippen LogP contribution in [0.1, 0.15) is 18.4 Å². The van der Waals surface area contributed by atoms with Crippen LogP contribution in [0.3, 0.4) is 0 Å². The molecule has 0 aliphatic heterocycles. The van der Waals surface area contributed by atoms with Crippen molar-refractivity contribution >= 4 is 16.5 Å². The summed E-state index contributed by atoms with van der Waals surface area (Å²) in [6.07, 6.45) is 0. The van der Waals surface area contributed by atoms with Crippen molar-refractivity contribution in [2.75, 3.05) is 11.9 Å². The van der Waals surface area contributed by atoms with Gasteiger partial charge in [-0.05, 0) is 26.0 Å². The normalized spacial score (nSPS) is 10.6. The number of nitrogens with one attached hydrogen (secondary N) is 2. The first-order chi connectivity index (χ1) is 10.8. The summed E-state index contributed by atoms with van der Waals surface area (Å²) in [4.78, 5) is 9.91. The first kappa shape index (κ1) is 14.5. The number of hydrogen-bond donors (Lipinski definition) is 2. The van der Waals surface area contributed by atoms with Gasteiger partial charge in [0.1, 0.15) is 12.4 Å². The predicted molar refractivity (Wildman–Crippen MR) is 87.2 cm³/mol. The molecule has 0 amide bonds. The van der Waals surface area contributed by atoms with E-state index in [2.05, 4.69) is 25.5 Å². The van der Waals surface area contributed by atoms with Crippen LogP contribution in [0.5, 0.6) is 5.75 Å². The number of anilines is 1. The quantitative estimate of drug-likeness (QED) is 0.730. The Balaban J connectivity index is 1.71. The van der Waals surface area contributed by atoms with Crippen LogP contribution < -0.4 is 10.1 Å². The standard InChI is InChI=1S/C15H17N5OS/c1-3-16-15-17-10(2)13(22-15)14-18-12(19-20-14)9-21-11-7-5-4-6-8-11/h4-8H,3,9H2,1-2H3,(H,16,17)(H,18,19,20). The van der Waals surface area contributed by atoms with Crippen LogP contribution in [0, 0.1) is 6.92 Å². The molecule has 114 valence electrons. The minimum absolute atomic E-state index is 0.356. The van der Waals surface area contributed by atoms with Crippen LogP contribution in [0.2, 0.25) is 0 Å². The molecule has 0 spiro atoms. The highest BCUT2D eigenvalue weighted by Gasteiger charge is 2.14. The van der Waals surface area contributed by atoms with Crippen LogP contribution >= 0.6 is 11.3 Å². The van der Waals surface area contributed by atoms with Gasteiger partial charge in [0.15, 0.2) is 16.8 Å². The first-order valence-electron chi connectivity index (χ1n) is 7.07. The summed E-state index contributed by atoms with van der Waals surface area (Å²) in [5.41, 5.74) is 0.926. The molecule has 7 heteroatoms. The average molecular weight is 315 g/mol. The third-order valence-electron chi connectivity index (χ3n) is 2.98. The van der Waals surface area contributed by atoms with E-state index in [0.717, 1.165) is 28.0 Å². The molecule has 0 saturated carbocycles. The molecule has 0 aliphatic carbocycles. The molecule has 22 heavy (non-hydrogen) atoms. The lowest BCUT2D eigenvalue weighted by Crippen LogP contribution is -1.97. The van der Waals surface area contributed by atoms with Gasteiger partial charge in [-0.2, -0.15) is 5.10 Å². The maximum atomic E-state index is 5.66. The molecule has 0 atom stereocenters. The van der Waals surface area contributed by atoms with Gasteiger partial charge in [-0.3, -0.25) is 5.10 Å². The summed E-state index contributed by atoms with van der Waals surface area (Å²) in [7, 11) is 0. The zero-order valence-corrected chi connectivity index (χ0v) is 13.3. The minimum atomic E-state index is 0.356. The molecule has 0 aliphatic rings. The molecule has 3 rings (SSSR count). The number of para-hydroxylation sites is 1. The molecule has 1 aromatic carbocycles. The van der Waals surface area contributed by atoms with Gasteiger partial charge in [-0.1, -0.05) is 29.5 Å². The number of hydrogen-bond acceptors (Lipinski definition) is 6. The van der Waals surface area contributed by atoms with Crippen molar-refractivity contribution in [3.8, 4) is 16.5 Å². The number of H-pyrrole nitrogens is 1. The van der Waals surface area contributed by atoms with E-state index < -0.39 is 0 Å². The van der Waals surface area contributed by atoms with Crippen LogP contribution in [-0.4, -0.2) is 26.7 Å².